The van der Waals surface area contributed by atoms with Gasteiger partial charge in [-0.2, -0.15) is 0 Å². The lowest BCUT2D eigenvalue weighted by molar-refractivity contribution is -0.135. The van der Waals surface area contributed by atoms with Gasteiger partial charge in [-0.05, 0) is 18.6 Å². The van der Waals surface area contributed by atoms with Gasteiger partial charge < -0.3 is 19.5 Å². The standard InChI is InChI=1S/C14H17Cl2NO4/c1-20-11-5-10(7-18)17(6-11)14(19)8-21-13-4-9(15)2-3-12(13)16/h2-4,10-11,18H,5-8H2,1H3/t10-,11+/m0/s1. The van der Waals surface area contributed by atoms with Gasteiger partial charge in [0.25, 0.3) is 5.91 Å². The maximum absolute atomic E-state index is 12.2. The van der Waals surface area contributed by atoms with Crippen LogP contribution in [0.4, 0.5) is 0 Å². The van der Waals surface area contributed by atoms with Gasteiger partial charge in [0, 0.05) is 24.7 Å². The Morgan fingerprint density at radius 3 is 2.90 bits per heavy atom. The normalized spacial score (nSPS) is 21.6. The Kier molecular flexibility index (Phi) is 5.70. The number of benzene rings is 1. The Balaban J connectivity index is 1.96. The number of carbonyl (C=O) groups excluding carboxylic acids is 1. The Labute approximate surface area is 133 Å². The number of aliphatic hydroxyl groups excluding tert-OH is 1. The molecule has 1 aromatic rings. The molecule has 1 aliphatic rings. The van der Waals surface area contributed by atoms with Crippen molar-refractivity contribution in [2.75, 3.05) is 26.9 Å². The molecule has 5 nitrogen and oxygen atoms in total. The van der Waals surface area contributed by atoms with E-state index in [9.17, 15) is 9.90 Å². The summed E-state index contributed by atoms with van der Waals surface area (Å²) < 4.78 is 10.7. The number of amides is 1. The van der Waals surface area contributed by atoms with Gasteiger partial charge >= 0.3 is 0 Å². The molecular formula is C14H17Cl2NO4. The molecule has 1 aliphatic heterocycles. The number of halogens is 2. The first-order chi connectivity index (χ1) is 10.0. The Hall–Kier alpha value is -1.01. The van der Waals surface area contributed by atoms with Gasteiger partial charge in [-0.3, -0.25) is 4.79 Å². The fraction of sp³-hybridized carbons (Fsp3) is 0.500. The van der Waals surface area contributed by atoms with Gasteiger partial charge in [0.15, 0.2) is 6.61 Å². The van der Waals surface area contributed by atoms with Crippen molar-refractivity contribution in [3.05, 3.63) is 28.2 Å². The first-order valence-corrected chi connectivity index (χ1v) is 7.31. The number of carbonyl (C=O) groups is 1. The molecule has 2 atom stereocenters. The second-order valence-corrected chi connectivity index (χ2v) is 5.68. The third-order valence-corrected chi connectivity index (χ3v) is 4.03. The monoisotopic (exact) mass is 333 g/mol. The Morgan fingerprint density at radius 2 is 2.24 bits per heavy atom. The van der Waals surface area contributed by atoms with E-state index in [1.807, 2.05) is 0 Å². The van der Waals surface area contributed by atoms with Gasteiger partial charge in [0.05, 0.1) is 23.8 Å². The van der Waals surface area contributed by atoms with Crippen LogP contribution in [0.5, 0.6) is 5.75 Å². The molecule has 1 saturated heterocycles. The fourth-order valence-corrected chi connectivity index (χ4v) is 2.67. The summed E-state index contributed by atoms with van der Waals surface area (Å²) in [5.41, 5.74) is 0. The molecule has 1 N–H and O–H groups in total. The molecule has 0 radical (unpaired) electrons. The van der Waals surface area contributed by atoms with Gasteiger partial charge in [-0.25, -0.2) is 0 Å². The molecule has 1 aromatic carbocycles. The van der Waals surface area contributed by atoms with E-state index < -0.39 is 0 Å². The van der Waals surface area contributed by atoms with E-state index >= 15 is 0 Å². The molecule has 0 bridgehead atoms. The van der Waals surface area contributed by atoms with Crippen molar-refractivity contribution in [3.8, 4) is 5.75 Å². The second-order valence-electron chi connectivity index (χ2n) is 4.84. The number of ether oxygens (including phenoxy) is 2. The summed E-state index contributed by atoms with van der Waals surface area (Å²) in [5, 5.41) is 10.2. The van der Waals surface area contributed by atoms with Crippen LogP contribution >= 0.6 is 23.2 Å². The predicted molar refractivity (Wildman–Crippen MR) is 80.0 cm³/mol. The summed E-state index contributed by atoms with van der Waals surface area (Å²) in [7, 11) is 1.59. The molecule has 0 unspecified atom stereocenters. The molecule has 0 saturated carbocycles. The van der Waals surface area contributed by atoms with Gasteiger partial charge in [-0.1, -0.05) is 23.2 Å². The number of hydrogen-bond donors (Lipinski definition) is 1. The molecule has 0 aliphatic carbocycles. The maximum Gasteiger partial charge on any atom is 0.260 e. The highest BCUT2D eigenvalue weighted by molar-refractivity contribution is 6.34. The predicted octanol–water partition coefficient (Wildman–Crippen LogP) is 1.98. The van der Waals surface area contributed by atoms with Crippen LogP contribution in [0.2, 0.25) is 10.0 Å². The van der Waals surface area contributed by atoms with Crippen LogP contribution in [-0.4, -0.2) is 54.9 Å². The SMILES string of the molecule is CO[C@@H]1C[C@@H](CO)N(C(=O)COc2cc(Cl)ccc2Cl)C1. The van der Waals surface area contributed by atoms with Gasteiger partial charge in [0.1, 0.15) is 5.75 Å². The minimum Gasteiger partial charge on any atom is -0.482 e. The van der Waals surface area contributed by atoms with Crippen LogP contribution in [0.15, 0.2) is 18.2 Å². The lowest BCUT2D eigenvalue weighted by Gasteiger charge is -2.22. The van der Waals surface area contributed by atoms with Crippen LogP contribution < -0.4 is 4.74 Å². The summed E-state index contributed by atoms with van der Waals surface area (Å²) in [6, 6.07) is 4.57. The third-order valence-electron chi connectivity index (χ3n) is 3.48. The zero-order valence-corrected chi connectivity index (χ0v) is 13.1. The van der Waals surface area contributed by atoms with E-state index in [1.165, 1.54) is 0 Å². The molecule has 0 spiro atoms. The highest BCUT2D eigenvalue weighted by atomic mass is 35.5. The number of methoxy groups -OCH3 is 1. The average molecular weight is 334 g/mol. The Morgan fingerprint density at radius 1 is 1.48 bits per heavy atom. The highest BCUT2D eigenvalue weighted by Crippen LogP contribution is 2.28. The molecule has 21 heavy (non-hydrogen) atoms. The van der Waals surface area contributed by atoms with E-state index in [0.29, 0.717) is 28.8 Å². The van der Waals surface area contributed by atoms with E-state index in [1.54, 1.807) is 30.2 Å². The highest BCUT2D eigenvalue weighted by Gasteiger charge is 2.34. The Bertz CT molecular complexity index is 512. The lowest BCUT2D eigenvalue weighted by Crippen LogP contribution is -2.40. The molecule has 7 heteroatoms. The topological polar surface area (TPSA) is 59.0 Å². The van der Waals surface area contributed by atoms with Crippen LogP contribution in [0.3, 0.4) is 0 Å². The van der Waals surface area contributed by atoms with Gasteiger partial charge in [-0.15, -0.1) is 0 Å². The lowest BCUT2D eigenvalue weighted by atomic mass is 10.2. The quantitative estimate of drug-likeness (QED) is 0.895. The minimum atomic E-state index is -0.235. The minimum absolute atomic E-state index is 0.0548. The summed E-state index contributed by atoms with van der Waals surface area (Å²) in [5.74, 6) is 0.144. The van der Waals surface area contributed by atoms with E-state index in [4.69, 9.17) is 32.7 Å². The first-order valence-electron chi connectivity index (χ1n) is 6.56. The molecule has 116 valence electrons. The van der Waals surface area contributed by atoms with Crippen LogP contribution in [0.1, 0.15) is 6.42 Å². The summed E-state index contributed by atoms with van der Waals surface area (Å²) in [6.45, 7) is 0.198. The van der Waals surface area contributed by atoms with Crippen molar-refractivity contribution < 1.29 is 19.4 Å². The third kappa shape index (κ3) is 4.01. The average Bonchev–Trinajstić information content (AvgIpc) is 2.91. The molecule has 0 aromatic heterocycles. The maximum atomic E-state index is 12.2. The van der Waals surface area contributed by atoms with Crippen LogP contribution in [-0.2, 0) is 9.53 Å². The fourth-order valence-electron chi connectivity index (χ4n) is 2.33. The summed E-state index contributed by atoms with van der Waals surface area (Å²) in [4.78, 5) is 13.8. The smallest absolute Gasteiger partial charge is 0.260 e. The molecular weight excluding hydrogens is 317 g/mol. The molecule has 1 amide bonds. The number of rotatable bonds is 5. The van der Waals surface area contributed by atoms with E-state index in [0.717, 1.165) is 0 Å². The number of aliphatic hydroxyl groups is 1. The first kappa shape index (κ1) is 16.4. The zero-order chi connectivity index (χ0) is 15.4. The van der Waals surface area contributed by atoms with Crippen molar-refractivity contribution in [2.45, 2.75) is 18.6 Å². The summed E-state index contributed by atoms with van der Waals surface area (Å²) in [6.07, 6.45) is 0.567. The van der Waals surface area contributed by atoms with Crippen LogP contribution in [0, 0.1) is 0 Å². The van der Waals surface area contributed by atoms with Crippen LogP contribution in [0.25, 0.3) is 0 Å². The number of likely N-dealkylation sites (tertiary alicyclic amines) is 1. The van der Waals surface area contributed by atoms with E-state index in [2.05, 4.69) is 0 Å². The molecule has 1 fully saturated rings. The largest absolute Gasteiger partial charge is 0.482 e. The van der Waals surface area contributed by atoms with Crippen molar-refractivity contribution in [3.63, 3.8) is 0 Å². The van der Waals surface area contributed by atoms with Crippen molar-refractivity contribution in [1.82, 2.24) is 4.90 Å². The second kappa shape index (κ2) is 7.31. The van der Waals surface area contributed by atoms with Crippen molar-refractivity contribution >= 4 is 29.1 Å². The zero-order valence-electron chi connectivity index (χ0n) is 11.6. The van der Waals surface area contributed by atoms with Crippen molar-refractivity contribution in [1.29, 1.82) is 0 Å². The van der Waals surface area contributed by atoms with Gasteiger partial charge in [0.2, 0.25) is 0 Å². The number of hydrogen-bond acceptors (Lipinski definition) is 4. The number of nitrogens with zero attached hydrogens (tertiary/aromatic N) is 1. The molecule has 1 heterocycles. The summed E-state index contributed by atoms with van der Waals surface area (Å²) >= 11 is 11.8. The van der Waals surface area contributed by atoms with E-state index in [-0.39, 0.29) is 31.3 Å². The molecule has 2 rings (SSSR count). The van der Waals surface area contributed by atoms with Crippen molar-refractivity contribution in [2.24, 2.45) is 0 Å².